The standard InChI is InChI=1S/C12H22N4/c1-2-10-5-3-4-6-11(10)13-8-7-12-14-9-15-16-12/h9-11,13H,2-8H2,1H3,(H,14,15,16). The predicted molar refractivity (Wildman–Crippen MR) is 64.1 cm³/mol. The molecule has 2 rings (SSSR count). The Morgan fingerprint density at radius 2 is 2.31 bits per heavy atom. The Morgan fingerprint density at radius 1 is 1.44 bits per heavy atom. The van der Waals surface area contributed by atoms with Gasteiger partial charge in [-0.25, -0.2) is 4.98 Å². The van der Waals surface area contributed by atoms with Gasteiger partial charge in [0.05, 0.1) is 0 Å². The fourth-order valence-electron chi connectivity index (χ4n) is 2.69. The van der Waals surface area contributed by atoms with Gasteiger partial charge in [-0.15, -0.1) is 0 Å². The Kier molecular flexibility index (Phi) is 4.34. The van der Waals surface area contributed by atoms with Crippen LogP contribution in [-0.2, 0) is 6.42 Å². The summed E-state index contributed by atoms with van der Waals surface area (Å²) in [6.45, 7) is 3.32. The number of H-pyrrole nitrogens is 1. The first-order valence-corrected chi connectivity index (χ1v) is 6.47. The molecule has 0 bridgehead atoms. The normalized spacial score (nSPS) is 25.8. The smallest absolute Gasteiger partial charge is 0.137 e. The predicted octanol–water partition coefficient (Wildman–Crippen LogP) is 1.91. The summed E-state index contributed by atoms with van der Waals surface area (Å²) in [6, 6.07) is 0.724. The van der Waals surface area contributed by atoms with E-state index in [-0.39, 0.29) is 0 Å². The van der Waals surface area contributed by atoms with E-state index < -0.39 is 0 Å². The van der Waals surface area contributed by atoms with E-state index >= 15 is 0 Å². The van der Waals surface area contributed by atoms with E-state index in [9.17, 15) is 0 Å². The van der Waals surface area contributed by atoms with Crippen molar-refractivity contribution < 1.29 is 0 Å². The van der Waals surface area contributed by atoms with E-state index in [0.717, 1.165) is 30.7 Å². The molecule has 90 valence electrons. The van der Waals surface area contributed by atoms with Crippen LogP contribution in [0.4, 0.5) is 0 Å². The van der Waals surface area contributed by atoms with Gasteiger partial charge in [0.2, 0.25) is 0 Å². The maximum absolute atomic E-state index is 4.13. The zero-order valence-corrected chi connectivity index (χ0v) is 10.1. The van der Waals surface area contributed by atoms with Gasteiger partial charge in [-0.2, -0.15) is 5.10 Å². The Morgan fingerprint density at radius 3 is 3.06 bits per heavy atom. The average Bonchev–Trinajstić information content (AvgIpc) is 2.83. The number of aromatic amines is 1. The lowest BCUT2D eigenvalue weighted by molar-refractivity contribution is 0.256. The Labute approximate surface area is 97.2 Å². The molecule has 0 saturated heterocycles. The summed E-state index contributed by atoms with van der Waals surface area (Å²) in [5, 5.41) is 10.4. The number of nitrogens with one attached hydrogen (secondary N) is 2. The van der Waals surface area contributed by atoms with Crippen LogP contribution in [0.25, 0.3) is 0 Å². The minimum absolute atomic E-state index is 0.724. The van der Waals surface area contributed by atoms with Crippen LogP contribution in [0.15, 0.2) is 6.33 Å². The summed E-state index contributed by atoms with van der Waals surface area (Å²) in [4.78, 5) is 4.13. The molecule has 2 N–H and O–H groups in total. The van der Waals surface area contributed by atoms with E-state index in [1.807, 2.05) is 0 Å². The Balaban J connectivity index is 1.71. The molecule has 0 amide bonds. The van der Waals surface area contributed by atoms with Crippen molar-refractivity contribution in [2.24, 2.45) is 5.92 Å². The lowest BCUT2D eigenvalue weighted by atomic mass is 9.83. The quantitative estimate of drug-likeness (QED) is 0.800. The summed E-state index contributed by atoms with van der Waals surface area (Å²) >= 11 is 0. The molecule has 2 atom stereocenters. The highest BCUT2D eigenvalue weighted by Crippen LogP contribution is 2.26. The third-order valence-corrected chi connectivity index (χ3v) is 3.67. The van der Waals surface area contributed by atoms with Crippen LogP contribution >= 0.6 is 0 Å². The van der Waals surface area contributed by atoms with Gasteiger partial charge in [-0.1, -0.05) is 26.2 Å². The van der Waals surface area contributed by atoms with Crippen LogP contribution in [0.5, 0.6) is 0 Å². The molecule has 16 heavy (non-hydrogen) atoms. The third kappa shape index (κ3) is 3.04. The Bertz CT molecular complexity index is 283. The number of hydrogen-bond acceptors (Lipinski definition) is 3. The van der Waals surface area contributed by atoms with E-state index in [1.54, 1.807) is 6.33 Å². The zero-order chi connectivity index (χ0) is 11.2. The molecule has 4 nitrogen and oxygen atoms in total. The molecule has 1 heterocycles. The lowest BCUT2D eigenvalue weighted by Gasteiger charge is -2.31. The van der Waals surface area contributed by atoms with Crippen molar-refractivity contribution in [2.45, 2.75) is 51.5 Å². The fourth-order valence-corrected chi connectivity index (χ4v) is 2.69. The van der Waals surface area contributed by atoms with Crippen molar-refractivity contribution in [3.05, 3.63) is 12.2 Å². The van der Waals surface area contributed by atoms with Crippen molar-refractivity contribution >= 4 is 0 Å². The third-order valence-electron chi connectivity index (χ3n) is 3.67. The molecule has 0 aliphatic heterocycles. The molecule has 1 saturated carbocycles. The topological polar surface area (TPSA) is 53.6 Å². The molecular weight excluding hydrogens is 200 g/mol. The van der Waals surface area contributed by atoms with E-state index in [4.69, 9.17) is 0 Å². The van der Waals surface area contributed by atoms with Crippen LogP contribution in [0.3, 0.4) is 0 Å². The highest BCUT2D eigenvalue weighted by atomic mass is 15.2. The molecule has 2 unspecified atom stereocenters. The van der Waals surface area contributed by atoms with Crippen molar-refractivity contribution in [1.82, 2.24) is 20.5 Å². The monoisotopic (exact) mass is 222 g/mol. The number of rotatable bonds is 5. The SMILES string of the molecule is CCC1CCCCC1NCCc1ncn[nH]1. The first-order valence-electron chi connectivity index (χ1n) is 6.47. The molecular formula is C12H22N4. The number of nitrogens with zero attached hydrogens (tertiary/aromatic N) is 2. The summed E-state index contributed by atoms with van der Waals surface area (Å²) < 4.78 is 0. The fraction of sp³-hybridized carbons (Fsp3) is 0.833. The largest absolute Gasteiger partial charge is 0.313 e. The second-order valence-electron chi connectivity index (χ2n) is 4.70. The van der Waals surface area contributed by atoms with Gasteiger partial charge in [0.25, 0.3) is 0 Å². The summed E-state index contributed by atoms with van der Waals surface area (Å²) in [7, 11) is 0. The van der Waals surface area contributed by atoms with Crippen molar-refractivity contribution in [3.8, 4) is 0 Å². The molecule has 0 radical (unpaired) electrons. The van der Waals surface area contributed by atoms with Crippen molar-refractivity contribution in [1.29, 1.82) is 0 Å². The van der Waals surface area contributed by atoms with Crippen molar-refractivity contribution in [3.63, 3.8) is 0 Å². The molecule has 0 spiro atoms. The van der Waals surface area contributed by atoms with Gasteiger partial charge in [-0.3, -0.25) is 5.10 Å². The van der Waals surface area contributed by atoms with Gasteiger partial charge in [-0.05, 0) is 18.8 Å². The van der Waals surface area contributed by atoms with Crippen LogP contribution in [0, 0.1) is 5.92 Å². The first-order chi connectivity index (χ1) is 7.90. The summed E-state index contributed by atoms with van der Waals surface area (Å²) in [5.41, 5.74) is 0. The molecule has 1 aromatic heterocycles. The van der Waals surface area contributed by atoms with Gasteiger partial charge < -0.3 is 5.32 Å². The maximum Gasteiger partial charge on any atom is 0.137 e. The molecule has 1 aromatic rings. The second kappa shape index (κ2) is 5.99. The van der Waals surface area contributed by atoms with E-state index in [2.05, 4.69) is 27.4 Å². The lowest BCUT2D eigenvalue weighted by Crippen LogP contribution is -2.39. The zero-order valence-electron chi connectivity index (χ0n) is 10.1. The second-order valence-corrected chi connectivity index (χ2v) is 4.70. The van der Waals surface area contributed by atoms with E-state index in [0.29, 0.717) is 0 Å². The minimum atomic E-state index is 0.724. The number of hydrogen-bond donors (Lipinski definition) is 2. The van der Waals surface area contributed by atoms with Gasteiger partial charge >= 0.3 is 0 Å². The van der Waals surface area contributed by atoms with Gasteiger partial charge in [0, 0.05) is 19.0 Å². The van der Waals surface area contributed by atoms with Gasteiger partial charge in [0.15, 0.2) is 0 Å². The average molecular weight is 222 g/mol. The summed E-state index contributed by atoms with van der Waals surface area (Å²) in [5.74, 6) is 1.86. The highest BCUT2D eigenvalue weighted by Gasteiger charge is 2.22. The highest BCUT2D eigenvalue weighted by molar-refractivity contribution is 4.84. The molecule has 4 heteroatoms. The Hall–Kier alpha value is -0.900. The minimum Gasteiger partial charge on any atom is -0.313 e. The number of aromatic nitrogens is 3. The first kappa shape index (κ1) is 11.6. The van der Waals surface area contributed by atoms with Crippen LogP contribution in [0.2, 0.25) is 0 Å². The van der Waals surface area contributed by atoms with Crippen LogP contribution < -0.4 is 5.32 Å². The van der Waals surface area contributed by atoms with Crippen molar-refractivity contribution in [2.75, 3.05) is 6.54 Å². The molecule has 0 aromatic carbocycles. The van der Waals surface area contributed by atoms with Crippen LogP contribution in [0.1, 0.15) is 44.9 Å². The molecule has 1 fully saturated rings. The van der Waals surface area contributed by atoms with Crippen LogP contribution in [-0.4, -0.2) is 27.8 Å². The summed E-state index contributed by atoms with van der Waals surface area (Å²) in [6.07, 6.45) is 9.37. The maximum atomic E-state index is 4.13. The van der Waals surface area contributed by atoms with Gasteiger partial charge in [0.1, 0.15) is 12.2 Å². The van der Waals surface area contributed by atoms with E-state index in [1.165, 1.54) is 32.1 Å². The molecule has 1 aliphatic carbocycles. The molecule has 1 aliphatic rings.